The minimum Gasteiger partial charge on any atom is -0.465 e. The molecule has 0 radical (unpaired) electrons. The number of benzene rings is 1. The van der Waals surface area contributed by atoms with Gasteiger partial charge in [-0.25, -0.2) is 4.79 Å². The smallest absolute Gasteiger partial charge is 0.407 e. The Morgan fingerprint density at radius 1 is 1.25 bits per heavy atom. The molecule has 2 N–H and O–H groups in total. The fourth-order valence-electron chi connectivity index (χ4n) is 4.49. The lowest BCUT2D eigenvalue weighted by molar-refractivity contribution is -0.0309. The Kier molecular flexibility index (Phi) is 5.01. The van der Waals surface area contributed by atoms with E-state index in [1.807, 2.05) is 12.1 Å². The minimum atomic E-state index is -0.934. The van der Waals surface area contributed by atoms with Crippen LogP contribution in [0.2, 0.25) is 10.0 Å². The van der Waals surface area contributed by atoms with Gasteiger partial charge in [0.2, 0.25) is 0 Å². The fraction of sp³-hybridized carbons (Fsp3) is 0.611. The van der Waals surface area contributed by atoms with Crippen molar-refractivity contribution in [3.05, 3.63) is 33.8 Å². The molecule has 0 saturated heterocycles. The maximum atomic E-state index is 11.4. The van der Waals surface area contributed by atoms with Crippen LogP contribution in [0.3, 0.4) is 0 Å². The number of nitrogens with zero attached hydrogens (tertiary/aromatic N) is 1. The minimum absolute atomic E-state index is 0.0409. The zero-order chi connectivity index (χ0) is 17.5. The molecule has 1 aromatic rings. The zero-order valence-electron chi connectivity index (χ0n) is 13.7. The van der Waals surface area contributed by atoms with E-state index >= 15 is 0 Å². The molecule has 4 nitrogen and oxygen atoms in total. The van der Waals surface area contributed by atoms with Gasteiger partial charge in [-0.3, -0.25) is 0 Å². The number of aliphatic hydroxyl groups excluding tert-OH is 1. The van der Waals surface area contributed by atoms with E-state index in [9.17, 15) is 15.0 Å². The summed E-state index contributed by atoms with van der Waals surface area (Å²) >= 11 is 12.2. The molecule has 0 bridgehead atoms. The molecule has 132 valence electrons. The summed E-state index contributed by atoms with van der Waals surface area (Å²) < 4.78 is 0. The third kappa shape index (κ3) is 2.89. The fourth-order valence-corrected chi connectivity index (χ4v) is 4.79. The van der Waals surface area contributed by atoms with Crippen LogP contribution < -0.4 is 0 Å². The second kappa shape index (κ2) is 6.74. The number of rotatable bonds is 4. The van der Waals surface area contributed by atoms with Crippen LogP contribution in [0.15, 0.2) is 18.2 Å². The van der Waals surface area contributed by atoms with Gasteiger partial charge in [-0.05, 0) is 43.4 Å². The summed E-state index contributed by atoms with van der Waals surface area (Å²) in [5.74, 6) is -0.0409. The van der Waals surface area contributed by atoms with Gasteiger partial charge < -0.3 is 15.1 Å². The average molecular weight is 372 g/mol. The Hall–Kier alpha value is -0.970. The molecule has 2 aliphatic rings. The van der Waals surface area contributed by atoms with Crippen molar-refractivity contribution in [3.8, 4) is 0 Å². The van der Waals surface area contributed by atoms with Crippen molar-refractivity contribution >= 4 is 29.3 Å². The number of hydrogen-bond acceptors (Lipinski definition) is 2. The van der Waals surface area contributed by atoms with E-state index in [1.54, 1.807) is 13.1 Å². The van der Waals surface area contributed by atoms with Gasteiger partial charge in [0.15, 0.2) is 0 Å². The summed E-state index contributed by atoms with van der Waals surface area (Å²) in [6.45, 7) is 0. The summed E-state index contributed by atoms with van der Waals surface area (Å²) in [5.41, 5.74) is 0.681. The molecule has 24 heavy (non-hydrogen) atoms. The van der Waals surface area contributed by atoms with Gasteiger partial charge in [0.1, 0.15) is 0 Å². The van der Waals surface area contributed by atoms with Crippen LogP contribution in [0.4, 0.5) is 4.79 Å². The van der Waals surface area contributed by atoms with Crippen molar-refractivity contribution in [2.24, 2.45) is 5.92 Å². The largest absolute Gasteiger partial charge is 0.465 e. The summed E-state index contributed by atoms with van der Waals surface area (Å²) in [5, 5.41) is 21.6. The van der Waals surface area contributed by atoms with E-state index in [1.165, 1.54) is 4.90 Å². The number of aliphatic hydroxyl groups is 1. The van der Waals surface area contributed by atoms with Gasteiger partial charge in [-0.15, -0.1) is 0 Å². The first-order valence-corrected chi connectivity index (χ1v) is 9.22. The molecule has 0 aliphatic heterocycles. The highest BCUT2D eigenvalue weighted by molar-refractivity contribution is 6.42. The van der Waals surface area contributed by atoms with Gasteiger partial charge in [0, 0.05) is 24.4 Å². The molecule has 1 unspecified atom stereocenters. The number of hydrogen-bond donors (Lipinski definition) is 2. The Balaban J connectivity index is 1.89. The van der Waals surface area contributed by atoms with Crippen LogP contribution in [0.25, 0.3) is 0 Å². The van der Waals surface area contributed by atoms with Crippen molar-refractivity contribution in [1.29, 1.82) is 0 Å². The lowest BCUT2D eigenvalue weighted by Gasteiger charge is -2.49. The van der Waals surface area contributed by atoms with Crippen LogP contribution in [-0.4, -0.2) is 40.4 Å². The van der Waals surface area contributed by atoms with Crippen molar-refractivity contribution in [1.82, 2.24) is 4.90 Å². The highest BCUT2D eigenvalue weighted by atomic mass is 35.5. The van der Waals surface area contributed by atoms with E-state index in [0.717, 1.165) is 44.1 Å². The van der Waals surface area contributed by atoms with Crippen molar-refractivity contribution in [3.63, 3.8) is 0 Å². The number of carbonyl (C=O) groups is 1. The molecule has 0 heterocycles. The highest BCUT2D eigenvalue weighted by Gasteiger charge is 2.51. The second-order valence-corrected chi connectivity index (χ2v) is 7.95. The Labute approximate surface area is 152 Å². The number of carboxylic acid groups (broad SMARTS) is 1. The van der Waals surface area contributed by atoms with Crippen LogP contribution in [-0.2, 0) is 5.41 Å². The third-order valence-corrected chi connectivity index (χ3v) is 6.78. The van der Waals surface area contributed by atoms with Crippen molar-refractivity contribution < 1.29 is 15.0 Å². The molecular formula is C18H23Cl2NO3. The van der Waals surface area contributed by atoms with Crippen LogP contribution in [0.1, 0.15) is 44.1 Å². The molecule has 2 aliphatic carbocycles. The predicted octanol–water partition coefficient (Wildman–Crippen LogP) is 4.55. The highest BCUT2D eigenvalue weighted by Crippen LogP contribution is 2.51. The van der Waals surface area contributed by atoms with E-state index in [4.69, 9.17) is 23.2 Å². The lowest BCUT2D eigenvalue weighted by atomic mass is 9.58. The summed E-state index contributed by atoms with van der Waals surface area (Å²) in [4.78, 5) is 12.7. The van der Waals surface area contributed by atoms with E-state index in [-0.39, 0.29) is 17.4 Å². The van der Waals surface area contributed by atoms with E-state index in [2.05, 4.69) is 0 Å². The molecule has 3 atom stereocenters. The number of amides is 1. The van der Waals surface area contributed by atoms with Gasteiger partial charge >= 0.3 is 6.09 Å². The van der Waals surface area contributed by atoms with Crippen molar-refractivity contribution in [2.45, 2.75) is 56.1 Å². The van der Waals surface area contributed by atoms with Crippen LogP contribution >= 0.6 is 23.2 Å². The first-order chi connectivity index (χ1) is 11.4. The molecule has 0 aromatic heterocycles. The summed E-state index contributed by atoms with van der Waals surface area (Å²) in [6, 6.07) is 5.46. The quantitative estimate of drug-likeness (QED) is 0.815. The van der Waals surface area contributed by atoms with Gasteiger partial charge in [0.05, 0.1) is 16.1 Å². The maximum Gasteiger partial charge on any atom is 0.407 e. The Morgan fingerprint density at radius 3 is 2.50 bits per heavy atom. The molecule has 1 amide bonds. The van der Waals surface area contributed by atoms with Gasteiger partial charge in [0.25, 0.3) is 0 Å². The molecule has 2 fully saturated rings. The molecule has 0 spiro atoms. The zero-order valence-corrected chi connectivity index (χ0v) is 15.2. The summed E-state index contributed by atoms with van der Waals surface area (Å²) in [7, 11) is 1.60. The maximum absolute atomic E-state index is 11.4. The molecule has 6 heteroatoms. The first kappa shape index (κ1) is 17.8. The normalized spacial score (nSPS) is 26.7. The third-order valence-electron chi connectivity index (χ3n) is 6.04. The second-order valence-electron chi connectivity index (χ2n) is 7.14. The number of halogens is 2. The summed E-state index contributed by atoms with van der Waals surface area (Å²) in [6.07, 6.45) is 3.95. The van der Waals surface area contributed by atoms with Crippen molar-refractivity contribution in [2.75, 3.05) is 7.05 Å². The Morgan fingerprint density at radius 2 is 1.96 bits per heavy atom. The topological polar surface area (TPSA) is 60.8 Å². The predicted molar refractivity (Wildman–Crippen MR) is 94.9 cm³/mol. The lowest BCUT2D eigenvalue weighted by Crippen LogP contribution is -2.53. The monoisotopic (exact) mass is 371 g/mol. The van der Waals surface area contributed by atoms with Crippen LogP contribution in [0.5, 0.6) is 0 Å². The average Bonchev–Trinajstić information content (AvgIpc) is 2.98. The van der Waals surface area contributed by atoms with E-state index < -0.39 is 12.2 Å². The van der Waals surface area contributed by atoms with E-state index in [0.29, 0.717) is 10.0 Å². The molecule has 1 aromatic carbocycles. The molecule has 3 rings (SSSR count). The van der Waals surface area contributed by atoms with Crippen LogP contribution in [0, 0.1) is 5.92 Å². The standard InChI is InChI=1S/C18H23Cl2NO3/c1-21(17(23)24)15-5-2-4-12(15)16(22)18(8-3-9-18)11-6-7-13(19)14(20)10-11/h6-7,10,12,15-16,22H,2-5,8-9H2,1H3,(H,23,24)/t12-,15-,16?/m1/s1. The SMILES string of the molecule is CN(C(=O)O)[C@@H]1CCC[C@H]1C(O)C1(c2ccc(Cl)c(Cl)c2)CCC1. The molecular weight excluding hydrogens is 349 g/mol. The van der Waals surface area contributed by atoms with Gasteiger partial charge in [-0.1, -0.05) is 42.1 Å². The van der Waals surface area contributed by atoms with Gasteiger partial charge in [-0.2, -0.15) is 0 Å². The first-order valence-electron chi connectivity index (χ1n) is 8.46. The Bertz CT molecular complexity index is 633. The molecule has 2 saturated carbocycles.